The Labute approximate surface area is 154 Å². The maximum Gasteiger partial charge on any atom is 0.282 e. The topological polar surface area (TPSA) is 97.4 Å². The van der Waals surface area contributed by atoms with E-state index in [1.165, 1.54) is 18.2 Å². The van der Waals surface area contributed by atoms with E-state index in [0.29, 0.717) is 5.56 Å². The Morgan fingerprint density at radius 2 is 2.08 bits per heavy atom. The van der Waals surface area contributed by atoms with Gasteiger partial charge in [-0.05, 0) is 41.3 Å². The second-order valence-electron chi connectivity index (χ2n) is 5.89. The highest BCUT2D eigenvalue weighted by Gasteiger charge is 2.21. The van der Waals surface area contributed by atoms with Crippen molar-refractivity contribution in [3.8, 4) is 0 Å². The second kappa shape index (κ2) is 7.15. The number of fused-ring (bicyclic) bond motifs is 1. The molecule has 1 aromatic heterocycles. The Balaban J connectivity index is 1.74. The van der Waals surface area contributed by atoms with E-state index < -0.39 is 16.9 Å². The van der Waals surface area contributed by atoms with Gasteiger partial charge >= 0.3 is 0 Å². The highest BCUT2D eigenvalue weighted by Crippen LogP contribution is 2.24. The van der Waals surface area contributed by atoms with Crippen LogP contribution < -0.4 is 5.32 Å². The monoisotopic (exact) mass is 373 g/mol. The van der Waals surface area contributed by atoms with Gasteiger partial charge in [-0.25, -0.2) is 0 Å². The Kier molecular flexibility index (Phi) is 4.92. The third-order valence-corrected chi connectivity index (χ3v) is 4.39. The summed E-state index contributed by atoms with van der Waals surface area (Å²) in [4.78, 5) is 22.7. The van der Waals surface area contributed by atoms with Gasteiger partial charge in [0.25, 0.3) is 11.6 Å². The predicted molar refractivity (Wildman–Crippen MR) is 98.3 cm³/mol. The number of carbonyl (C=O) groups excluding carboxylic acids is 1. The van der Waals surface area contributed by atoms with Gasteiger partial charge < -0.3 is 15.0 Å². The number of aliphatic hydroxyl groups is 1. The summed E-state index contributed by atoms with van der Waals surface area (Å²) >= 11 is 5.83. The van der Waals surface area contributed by atoms with Crippen LogP contribution in [0.4, 0.5) is 5.69 Å². The Bertz CT molecular complexity index is 999. The first-order chi connectivity index (χ1) is 12.4. The van der Waals surface area contributed by atoms with Gasteiger partial charge in [-0.3, -0.25) is 14.9 Å². The quantitative estimate of drug-likeness (QED) is 0.530. The molecule has 3 rings (SSSR count). The zero-order valence-corrected chi connectivity index (χ0v) is 14.6. The molecule has 0 aliphatic carbocycles. The van der Waals surface area contributed by atoms with Crippen molar-refractivity contribution in [2.45, 2.75) is 6.10 Å². The molecule has 134 valence electrons. The van der Waals surface area contributed by atoms with Crippen molar-refractivity contribution in [1.82, 2.24) is 9.88 Å². The van der Waals surface area contributed by atoms with Crippen molar-refractivity contribution < 1.29 is 14.8 Å². The van der Waals surface area contributed by atoms with E-state index in [-0.39, 0.29) is 22.8 Å². The summed E-state index contributed by atoms with van der Waals surface area (Å²) in [5, 5.41) is 25.1. The number of rotatable bonds is 5. The van der Waals surface area contributed by atoms with E-state index in [0.717, 1.165) is 10.9 Å². The molecule has 0 saturated carbocycles. The van der Waals surface area contributed by atoms with Crippen molar-refractivity contribution in [3.05, 3.63) is 74.9 Å². The van der Waals surface area contributed by atoms with Crippen molar-refractivity contribution in [2.24, 2.45) is 7.05 Å². The molecule has 0 saturated heterocycles. The summed E-state index contributed by atoms with van der Waals surface area (Å²) in [7, 11) is 1.93. The van der Waals surface area contributed by atoms with Crippen LogP contribution in [0, 0.1) is 10.1 Å². The number of nitro benzene ring substituents is 1. The number of nitro groups is 1. The van der Waals surface area contributed by atoms with Crippen LogP contribution in [0.15, 0.2) is 48.7 Å². The lowest BCUT2D eigenvalue weighted by Gasteiger charge is -2.13. The highest BCUT2D eigenvalue weighted by molar-refractivity contribution is 6.31. The van der Waals surface area contributed by atoms with E-state index in [2.05, 4.69) is 5.32 Å². The van der Waals surface area contributed by atoms with Crippen LogP contribution in [0.25, 0.3) is 10.9 Å². The zero-order chi connectivity index (χ0) is 18.8. The fraction of sp³-hybridized carbons (Fsp3) is 0.167. The Morgan fingerprint density at radius 1 is 1.31 bits per heavy atom. The Hall–Kier alpha value is -2.90. The lowest BCUT2D eigenvalue weighted by atomic mass is 10.1. The minimum atomic E-state index is -0.943. The fourth-order valence-corrected chi connectivity index (χ4v) is 2.93. The molecular weight excluding hydrogens is 358 g/mol. The van der Waals surface area contributed by atoms with Gasteiger partial charge in [-0.1, -0.05) is 17.7 Å². The van der Waals surface area contributed by atoms with Gasteiger partial charge in [0.05, 0.1) is 11.0 Å². The number of nitrogens with zero attached hydrogens (tertiary/aromatic N) is 2. The number of benzene rings is 2. The van der Waals surface area contributed by atoms with E-state index in [1.807, 2.05) is 36.0 Å². The van der Waals surface area contributed by atoms with E-state index >= 15 is 0 Å². The summed E-state index contributed by atoms with van der Waals surface area (Å²) < 4.78 is 1.96. The number of aryl methyl sites for hydroxylation is 1. The molecule has 0 fully saturated rings. The molecular formula is C18H16ClN3O4. The van der Waals surface area contributed by atoms with Gasteiger partial charge in [0.15, 0.2) is 0 Å². The molecule has 3 aromatic rings. The fourth-order valence-electron chi connectivity index (χ4n) is 2.76. The third-order valence-electron chi connectivity index (χ3n) is 4.15. The first kappa shape index (κ1) is 17.9. The maximum absolute atomic E-state index is 12.3. The Morgan fingerprint density at radius 3 is 2.81 bits per heavy atom. The van der Waals surface area contributed by atoms with E-state index in [1.54, 1.807) is 6.07 Å². The number of hydrogen-bond acceptors (Lipinski definition) is 4. The summed E-state index contributed by atoms with van der Waals surface area (Å²) in [6.07, 6.45) is 0.975. The molecule has 8 heteroatoms. The molecule has 0 aliphatic heterocycles. The van der Waals surface area contributed by atoms with Crippen LogP contribution in [0.2, 0.25) is 5.02 Å². The third kappa shape index (κ3) is 3.54. The van der Waals surface area contributed by atoms with Crippen LogP contribution in [0.1, 0.15) is 22.0 Å². The zero-order valence-electron chi connectivity index (χ0n) is 13.8. The van der Waals surface area contributed by atoms with Crippen LogP contribution in [0.5, 0.6) is 0 Å². The lowest BCUT2D eigenvalue weighted by molar-refractivity contribution is -0.385. The van der Waals surface area contributed by atoms with Gasteiger partial charge in [-0.2, -0.15) is 0 Å². The lowest BCUT2D eigenvalue weighted by Crippen LogP contribution is -2.29. The average molecular weight is 374 g/mol. The van der Waals surface area contributed by atoms with Crippen molar-refractivity contribution in [1.29, 1.82) is 0 Å². The summed E-state index contributed by atoms with van der Waals surface area (Å²) in [5.41, 5.74) is 1.18. The molecule has 1 atom stereocenters. The molecule has 1 amide bonds. The summed E-state index contributed by atoms with van der Waals surface area (Å²) in [5.74, 6) is -0.668. The van der Waals surface area contributed by atoms with E-state index in [9.17, 15) is 20.0 Å². The van der Waals surface area contributed by atoms with Gasteiger partial charge in [0.1, 0.15) is 5.56 Å². The van der Waals surface area contributed by atoms with Gasteiger partial charge in [0, 0.05) is 36.4 Å². The standard InChI is InChI=1S/C18H16ClN3O4/c1-21-7-6-11-8-12(2-4-15(11)21)17(23)10-20-18(24)14-9-13(19)3-5-16(14)22(25)26/h2-9,17,23H,10H2,1H3,(H,20,24). The molecule has 26 heavy (non-hydrogen) atoms. The smallest absolute Gasteiger partial charge is 0.282 e. The summed E-state index contributed by atoms with van der Waals surface area (Å²) in [6.45, 7) is -0.0825. The van der Waals surface area contributed by atoms with Crippen molar-refractivity contribution in [2.75, 3.05) is 6.54 Å². The number of aromatic nitrogens is 1. The minimum Gasteiger partial charge on any atom is -0.387 e. The average Bonchev–Trinajstić information content (AvgIpc) is 2.99. The first-order valence-electron chi connectivity index (χ1n) is 7.82. The molecule has 2 aromatic carbocycles. The first-order valence-corrected chi connectivity index (χ1v) is 8.20. The van der Waals surface area contributed by atoms with Gasteiger partial charge in [-0.15, -0.1) is 0 Å². The largest absolute Gasteiger partial charge is 0.387 e. The molecule has 1 heterocycles. The summed E-state index contributed by atoms with van der Waals surface area (Å²) in [6, 6.07) is 11.2. The van der Waals surface area contributed by atoms with E-state index in [4.69, 9.17) is 11.6 Å². The highest BCUT2D eigenvalue weighted by atomic mass is 35.5. The number of hydrogen-bond donors (Lipinski definition) is 2. The maximum atomic E-state index is 12.3. The van der Waals surface area contributed by atoms with Gasteiger partial charge in [0.2, 0.25) is 0 Å². The predicted octanol–water partition coefficient (Wildman–Crippen LogP) is 3.20. The number of carbonyl (C=O) groups is 1. The second-order valence-corrected chi connectivity index (χ2v) is 6.33. The van der Waals surface area contributed by atoms with Crippen molar-refractivity contribution in [3.63, 3.8) is 0 Å². The van der Waals surface area contributed by atoms with Crippen LogP contribution in [-0.4, -0.2) is 27.0 Å². The number of amides is 1. The number of halogens is 1. The number of aliphatic hydroxyl groups excluding tert-OH is 1. The molecule has 0 bridgehead atoms. The minimum absolute atomic E-state index is 0.0825. The molecule has 2 N–H and O–H groups in total. The molecule has 0 radical (unpaired) electrons. The van der Waals surface area contributed by atoms with Crippen molar-refractivity contribution >= 4 is 34.1 Å². The normalized spacial score (nSPS) is 12.1. The molecule has 0 aliphatic rings. The molecule has 1 unspecified atom stereocenters. The van der Waals surface area contributed by atoms with Crippen LogP contribution in [-0.2, 0) is 7.05 Å². The van der Waals surface area contributed by atoms with Crippen LogP contribution in [0.3, 0.4) is 0 Å². The van der Waals surface area contributed by atoms with Crippen LogP contribution >= 0.6 is 11.6 Å². The molecule has 7 nitrogen and oxygen atoms in total. The molecule has 0 spiro atoms. The SMILES string of the molecule is Cn1ccc2cc(C(O)CNC(=O)c3cc(Cl)ccc3[N+](=O)[O-])ccc21. The number of nitrogens with one attached hydrogen (secondary N) is 1.